The smallest absolute Gasteiger partial charge is 0.154 e. The number of rotatable bonds is 4. The molecule has 0 aliphatic heterocycles. The van der Waals surface area contributed by atoms with E-state index in [9.17, 15) is 4.79 Å². The Morgan fingerprint density at radius 3 is 2.86 bits per heavy atom. The van der Waals surface area contributed by atoms with E-state index in [4.69, 9.17) is 11.6 Å². The van der Waals surface area contributed by atoms with Crippen LogP contribution in [0.25, 0.3) is 0 Å². The van der Waals surface area contributed by atoms with Crippen LogP contribution < -0.4 is 5.32 Å². The molecule has 3 heteroatoms. The molecule has 0 unspecified atom stereocenters. The van der Waals surface area contributed by atoms with Crippen LogP contribution in [0.15, 0.2) is 36.5 Å². The SMILES string of the molecule is CC(=O)C=CNCc1ccccc1Cl. The lowest BCUT2D eigenvalue weighted by molar-refractivity contribution is -0.112. The second kappa shape index (κ2) is 5.45. The predicted molar refractivity (Wildman–Crippen MR) is 58.1 cm³/mol. The molecule has 0 heterocycles. The van der Waals surface area contributed by atoms with Crippen molar-refractivity contribution in [1.29, 1.82) is 0 Å². The number of nitrogens with one attached hydrogen (secondary N) is 1. The average Bonchev–Trinajstić information content (AvgIpc) is 2.15. The van der Waals surface area contributed by atoms with Gasteiger partial charge in [0, 0.05) is 17.8 Å². The Balaban J connectivity index is 2.46. The molecule has 1 N–H and O–H groups in total. The number of hydrogen-bond acceptors (Lipinski definition) is 2. The van der Waals surface area contributed by atoms with Crippen LogP contribution in [0.5, 0.6) is 0 Å². The zero-order valence-electron chi connectivity index (χ0n) is 7.96. The molecule has 1 aromatic carbocycles. The second-order valence-corrected chi connectivity index (χ2v) is 3.32. The lowest BCUT2D eigenvalue weighted by atomic mass is 10.2. The van der Waals surface area contributed by atoms with Crippen molar-refractivity contribution in [3.8, 4) is 0 Å². The number of ketones is 1. The van der Waals surface area contributed by atoms with Gasteiger partial charge in [-0.2, -0.15) is 0 Å². The summed E-state index contributed by atoms with van der Waals surface area (Å²) in [6, 6.07) is 7.60. The lowest BCUT2D eigenvalue weighted by Gasteiger charge is -2.02. The topological polar surface area (TPSA) is 29.1 Å². The van der Waals surface area contributed by atoms with Crippen molar-refractivity contribution in [1.82, 2.24) is 5.32 Å². The number of carbonyl (C=O) groups excluding carboxylic acids is 1. The van der Waals surface area contributed by atoms with Crippen molar-refractivity contribution in [2.24, 2.45) is 0 Å². The van der Waals surface area contributed by atoms with Gasteiger partial charge in [-0.3, -0.25) is 4.79 Å². The van der Waals surface area contributed by atoms with Crippen molar-refractivity contribution in [3.05, 3.63) is 47.1 Å². The van der Waals surface area contributed by atoms with Crippen molar-refractivity contribution in [3.63, 3.8) is 0 Å². The molecule has 0 saturated heterocycles. The third kappa shape index (κ3) is 3.62. The van der Waals surface area contributed by atoms with Crippen LogP contribution in [0.2, 0.25) is 5.02 Å². The fourth-order valence-corrected chi connectivity index (χ4v) is 1.19. The molecule has 0 spiro atoms. The van der Waals surface area contributed by atoms with Crippen molar-refractivity contribution in [2.45, 2.75) is 13.5 Å². The van der Waals surface area contributed by atoms with Crippen LogP contribution in [-0.4, -0.2) is 5.78 Å². The Hall–Kier alpha value is -1.28. The molecule has 0 amide bonds. The molecule has 0 fully saturated rings. The molecule has 0 bridgehead atoms. The van der Waals surface area contributed by atoms with Gasteiger partial charge >= 0.3 is 0 Å². The normalized spacial score (nSPS) is 10.4. The van der Waals surface area contributed by atoms with E-state index in [0.29, 0.717) is 6.54 Å². The maximum atomic E-state index is 10.6. The molecule has 2 nitrogen and oxygen atoms in total. The quantitative estimate of drug-likeness (QED) is 0.773. The molecular formula is C11H12ClNO. The first-order valence-electron chi connectivity index (χ1n) is 4.34. The molecule has 74 valence electrons. The molecule has 1 rings (SSSR count). The largest absolute Gasteiger partial charge is 0.387 e. The molecule has 14 heavy (non-hydrogen) atoms. The highest BCUT2D eigenvalue weighted by molar-refractivity contribution is 6.31. The van der Waals surface area contributed by atoms with Gasteiger partial charge in [0.15, 0.2) is 5.78 Å². The molecule has 0 aliphatic rings. The summed E-state index contributed by atoms with van der Waals surface area (Å²) in [6.07, 6.45) is 3.11. The van der Waals surface area contributed by atoms with E-state index in [1.165, 1.54) is 13.0 Å². The number of halogens is 1. The maximum absolute atomic E-state index is 10.6. The van der Waals surface area contributed by atoms with Gasteiger partial charge < -0.3 is 5.32 Å². The van der Waals surface area contributed by atoms with E-state index >= 15 is 0 Å². The van der Waals surface area contributed by atoms with Gasteiger partial charge in [0.25, 0.3) is 0 Å². The zero-order chi connectivity index (χ0) is 10.4. The van der Waals surface area contributed by atoms with Gasteiger partial charge in [0.2, 0.25) is 0 Å². The highest BCUT2D eigenvalue weighted by atomic mass is 35.5. The standard InChI is InChI=1S/C11H12ClNO/c1-9(14)6-7-13-8-10-4-2-3-5-11(10)12/h2-7,13H,8H2,1H3. The Morgan fingerprint density at radius 2 is 2.21 bits per heavy atom. The molecule has 0 atom stereocenters. The number of benzene rings is 1. The zero-order valence-corrected chi connectivity index (χ0v) is 8.71. The first-order chi connectivity index (χ1) is 6.70. The van der Waals surface area contributed by atoms with Gasteiger partial charge in [-0.15, -0.1) is 0 Å². The fourth-order valence-electron chi connectivity index (χ4n) is 0.987. The third-order valence-corrected chi connectivity index (χ3v) is 2.05. The summed E-state index contributed by atoms with van der Waals surface area (Å²) < 4.78 is 0. The summed E-state index contributed by atoms with van der Waals surface area (Å²) in [6.45, 7) is 2.14. The summed E-state index contributed by atoms with van der Waals surface area (Å²) in [5.74, 6) is 0.0247. The van der Waals surface area contributed by atoms with Gasteiger partial charge in [-0.05, 0) is 24.6 Å². The van der Waals surface area contributed by atoms with E-state index < -0.39 is 0 Å². The van der Waals surface area contributed by atoms with E-state index in [0.717, 1.165) is 10.6 Å². The summed E-state index contributed by atoms with van der Waals surface area (Å²) in [7, 11) is 0. The van der Waals surface area contributed by atoms with Crippen molar-refractivity contribution < 1.29 is 4.79 Å². The Bertz CT molecular complexity index is 347. The first-order valence-corrected chi connectivity index (χ1v) is 4.72. The van der Waals surface area contributed by atoms with Crippen LogP contribution in [-0.2, 0) is 11.3 Å². The minimum Gasteiger partial charge on any atom is -0.387 e. The average molecular weight is 210 g/mol. The van der Waals surface area contributed by atoms with Gasteiger partial charge in [0.1, 0.15) is 0 Å². The Labute approximate surface area is 88.6 Å². The van der Waals surface area contributed by atoms with Crippen LogP contribution in [0.1, 0.15) is 12.5 Å². The van der Waals surface area contributed by atoms with Gasteiger partial charge in [0.05, 0.1) is 0 Å². The number of allylic oxidation sites excluding steroid dienone is 1. The Morgan fingerprint density at radius 1 is 1.50 bits per heavy atom. The van der Waals surface area contributed by atoms with E-state index in [1.807, 2.05) is 24.3 Å². The van der Waals surface area contributed by atoms with Crippen LogP contribution in [0.3, 0.4) is 0 Å². The number of hydrogen-bond donors (Lipinski definition) is 1. The molecule has 0 aliphatic carbocycles. The summed E-state index contributed by atoms with van der Waals surface area (Å²) in [4.78, 5) is 10.6. The van der Waals surface area contributed by atoms with Gasteiger partial charge in [-0.1, -0.05) is 29.8 Å². The van der Waals surface area contributed by atoms with E-state index in [2.05, 4.69) is 5.32 Å². The van der Waals surface area contributed by atoms with E-state index in [1.54, 1.807) is 6.20 Å². The van der Waals surface area contributed by atoms with Crippen LogP contribution in [0, 0.1) is 0 Å². The molecular weight excluding hydrogens is 198 g/mol. The Kier molecular flexibility index (Phi) is 4.20. The third-order valence-electron chi connectivity index (χ3n) is 1.69. The minimum atomic E-state index is 0.0247. The van der Waals surface area contributed by atoms with E-state index in [-0.39, 0.29) is 5.78 Å². The predicted octanol–water partition coefficient (Wildman–Crippen LogP) is 2.53. The molecule has 0 aromatic heterocycles. The van der Waals surface area contributed by atoms with Gasteiger partial charge in [-0.25, -0.2) is 0 Å². The van der Waals surface area contributed by atoms with Crippen LogP contribution >= 0.6 is 11.6 Å². The van der Waals surface area contributed by atoms with Crippen molar-refractivity contribution in [2.75, 3.05) is 0 Å². The molecule has 0 saturated carbocycles. The highest BCUT2D eigenvalue weighted by Crippen LogP contribution is 2.13. The first kappa shape index (κ1) is 10.8. The second-order valence-electron chi connectivity index (χ2n) is 2.92. The minimum absolute atomic E-state index is 0.0247. The summed E-state index contributed by atoms with van der Waals surface area (Å²) in [5.41, 5.74) is 1.02. The molecule has 0 radical (unpaired) electrons. The highest BCUT2D eigenvalue weighted by Gasteiger charge is 1.95. The summed E-state index contributed by atoms with van der Waals surface area (Å²) in [5, 5.41) is 3.72. The summed E-state index contributed by atoms with van der Waals surface area (Å²) >= 11 is 5.93. The monoisotopic (exact) mass is 209 g/mol. The van der Waals surface area contributed by atoms with Crippen molar-refractivity contribution >= 4 is 17.4 Å². The lowest BCUT2D eigenvalue weighted by Crippen LogP contribution is -2.05. The van der Waals surface area contributed by atoms with Crippen LogP contribution in [0.4, 0.5) is 0 Å². The number of carbonyl (C=O) groups is 1. The molecule has 1 aromatic rings. The maximum Gasteiger partial charge on any atom is 0.154 e. The fraction of sp³-hybridized carbons (Fsp3) is 0.182.